The maximum atomic E-state index is 12.2. The van der Waals surface area contributed by atoms with E-state index >= 15 is 0 Å². The van der Waals surface area contributed by atoms with Crippen LogP contribution in [0.15, 0.2) is 40.9 Å². The van der Waals surface area contributed by atoms with Crippen molar-refractivity contribution in [3.63, 3.8) is 0 Å². The van der Waals surface area contributed by atoms with Gasteiger partial charge in [-0.25, -0.2) is 4.79 Å². The summed E-state index contributed by atoms with van der Waals surface area (Å²) in [4.78, 5) is 23.1. The Hall–Kier alpha value is -1.61. The molecule has 21 heavy (non-hydrogen) atoms. The predicted octanol–water partition coefficient (Wildman–Crippen LogP) is 3.71. The number of phenolic OH excluding ortho intramolecular Hbond substituents is 1. The third-order valence-electron chi connectivity index (χ3n) is 2.66. The minimum absolute atomic E-state index is 0.0559. The third kappa shape index (κ3) is 3.73. The number of halogens is 2. The van der Waals surface area contributed by atoms with E-state index in [0.717, 1.165) is 3.57 Å². The SMILES string of the molecule is O=C(O)c1ccc(Br)c(NC(=O)c2cc(I)ccc2O)c1. The van der Waals surface area contributed by atoms with Gasteiger partial charge < -0.3 is 15.5 Å². The van der Waals surface area contributed by atoms with Crippen LogP contribution in [0.1, 0.15) is 20.7 Å². The first-order valence-electron chi connectivity index (χ1n) is 5.71. The van der Waals surface area contributed by atoms with Gasteiger partial charge in [-0.2, -0.15) is 0 Å². The number of aromatic hydroxyl groups is 1. The number of hydrogen-bond donors (Lipinski definition) is 3. The molecule has 108 valence electrons. The Bertz CT molecular complexity index is 733. The maximum Gasteiger partial charge on any atom is 0.335 e. The summed E-state index contributed by atoms with van der Waals surface area (Å²) < 4.78 is 1.35. The van der Waals surface area contributed by atoms with Gasteiger partial charge in [-0.05, 0) is 74.9 Å². The monoisotopic (exact) mass is 461 g/mol. The summed E-state index contributed by atoms with van der Waals surface area (Å²) in [6, 6.07) is 8.95. The van der Waals surface area contributed by atoms with E-state index in [0.29, 0.717) is 10.2 Å². The summed E-state index contributed by atoms with van der Waals surface area (Å²) in [5, 5.41) is 21.3. The van der Waals surface area contributed by atoms with Gasteiger partial charge in [0.05, 0.1) is 16.8 Å². The Balaban J connectivity index is 2.33. The molecule has 0 bridgehead atoms. The van der Waals surface area contributed by atoms with E-state index in [1.807, 2.05) is 22.6 Å². The number of rotatable bonds is 3. The fraction of sp³-hybridized carbons (Fsp3) is 0. The second-order valence-electron chi connectivity index (χ2n) is 4.12. The number of carbonyl (C=O) groups is 2. The number of carboxylic acid groups (broad SMARTS) is 1. The number of anilines is 1. The standard InChI is InChI=1S/C14H9BrINO4/c15-10-3-1-7(14(20)21)5-11(10)17-13(19)9-6-8(16)2-4-12(9)18/h1-6,18H,(H,17,19)(H,20,21). The summed E-state index contributed by atoms with van der Waals surface area (Å²) in [5.74, 6) is -1.75. The van der Waals surface area contributed by atoms with Crippen LogP contribution in [0.5, 0.6) is 5.75 Å². The summed E-state index contributed by atoms with van der Waals surface area (Å²) in [5.41, 5.74) is 0.494. The minimum atomic E-state index is -1.09. The van der Waals surface area contributed by atoms with Crippen LogP contribution in [-0.2, 0) is 0 Å². The molecule has 2 aromatic carbocycles. The highest BCUT2D eigenvalue weighted by Gasteiger charge is 2.14. The lowest BCUT2D eigenvalue weighted by Gasteiger charge is -2.10. The highest BCUT2D eigenvalue weighted by Crippen LogP contribution is 2.26. The summed E-state index contributed by atoms with van der Waals surface area (Å²) in [6.07, 6.45) is 0. The average molecular weight is 462 g/mol. The quantitative estimate of drug-likeness (QED) is 0.608. The normalized spacial score (nSPS) is 10.2. The molecule has 3 N–H and O–H groups in total. The Morgan fingerprint density at radius 1 is 1.14 bits per heavy atom. The number of nitrogens with one attached hydrogen (secondary N) is 1. The van der Waals surface area contributed by atoms with Gasteiger partial charge in [0.15, 0.2) is 0 Å². The van der Waals surface area contributed by atoms with Gasteiger partial charge in [0.25, 0.3) is 5.91 Å². The first kappa shape index (κ1) is 15.8. The Kier molecular flexibility index (Phi) is 4.84. The van der Waals surface area contributed by atoms with Crippen LogP contribution in [0.25, 0.3) is 0 Å². The number of carbonyl (C=O) groups excluding carboxylic acids is 1. The number of aromatic carboxylic acids is 1. The zero-order valence-electron chi connectivity index (χ0n) is 10.4. The predicted molar refractivity (Wildman–Crippen MR) is 89.9 cm³/mol. The molecule has 0 radical (unpaired) electrons. The molecule has 0 unspecified atom stereocenters. The van der Waals surface area contributed by atoms with Gasteiger partial charge in [-0.1, -0.05) is 0 Å². The van der Waals surface area contributed by atoms with E-state index in [2.05, 4.69) is 21.2 Å². The van der Waals surface area contributed by atoms with Crippen LogP contribution in [0, 0.1) is 3.57 Å². The molecule has 0 fully saturated rings. The number of phenols is 1. The van der Waals surface area contributed by atoms with E-state index in [1.54, 1.807) is 12.1 Å². The van der Waals surface area contributed by atoms with E-state index in [4.69, 9.17) is 5.11 Å². The average Bonchev–Trinajstić information content (AvgIpc) is 2.43. The van der Waals surface area contributed by atoms with Crippen LogP contribution in [0.3, 0.4) is 0 Å². The summed E-state index contributed by atoms with van der Waals surface area (Å²) in [6.45, 7) is 0. The Morgan fingerprint density at radius 2 is 1.86 bits per heavy atom. The molecule has 0 spiro atoms. The van der Waals surface area contributed by atoms with Crippen molar-refractivity contribution < 1.29 is 19.8 Å². The Labute approximate surface area is 142 Å². The summed E-state index contributed by atoms with van der Waals surface area (Å²) >= 11 is 5.27. The summed E-state index contributed by atoms with van der Waals surface area (Å²) in [7, 11) is 0. The third-order valence-corrected chi connectivity index (χ3v) is 4.03. The van der Waals surface area contributed by atoms with Gasteiger partial charge in [0.2, 0.25) is 0 Å². The fourth-order valence-corrected chi connectivity index (χ4v) is 2.47. The molecule has 5 nitrogen and oxygen atoms in total. The van der Waals surface area contributed by atoms with Crippen molar-refractivity contribution in [3.05, 3.63) is 55.6 Å². The number of carboxylic acids is 1. The number of hydrogen-bond acceptors (Lipinski definition) is 3. The minimum Gasteiger partial charge on any atom is -0.507 e. The molecule has 0 aromatic heterocycles. The number of amides is 1. The van der Waals surface area contributed by atoms with E-state index in [9.17, 15) is 14.7 Å². The smallest absolute Gasteiger partial charge is 0.335 e. The molecule has 0 saturated carbocycles. The van der Waals surface area contributed by atoms with Crippen LogP contribution in [0.2, 0.25) is 0 Å². The molecule has 0 saturated heterocycles. The Morgan fingerprint density at radius 3 is 2.52 bits per heavy atom. The second-order valence-corrected chi connectivity index (χ2v) is 6.22. The molecule has 1 amide bonds. The lowest BCUT2D eigenvalue weighted by atomic mass is 10.1. The van der Waals surface area contributed by atoms with Gasteiger partial charge in [-0.15, -0.1) is 0 Å². The van der Waals surface area contributed by atoms with Gasteiger partial charge in [0.1, 0.15) is 5.75 Å². The molecule has 7 heteroatoms. The molecule has 0 heterocycles. The van der Waals surface area contributed by atoms with Crippen molar-refractivity contribution >= 4 is 56.1 Å². The first-order valence-corrected chi connectivity index (χ1v) is 7.58. The van der Waals surface area contributed by atoms with E-state index in [-0.39, 0.29) is 16.9 Å². The van der Waals surface area contributed by atoms with Gasteiger partial charge in [-0.3, -0.25) is 4.79 Å². The van der Waals surface area contributed by atoms with Crippen molar-refractivity contribution in [2.45, 2.75) is 0 Å². The fourth-order valence-electron chi connectivity index (χ4n) is 1.63. The molecular weight excluding hydrogens is 453 g/mol. The van der Waals surface area contributed by atoms with Crippen molar-refractivity contribution in [3.8, 4) is 5.75 Å². The molecule has 0 aliphatic rings. The lowest BCUT2D eigenvalue weighted by Crippen LogP contribution is -2.13. The lowest BCUT2D eigenvalue weighted by molar-refractivity contribution is 0.0696. The molecule has 0 aliphatic heterocycles. The van der Waals surface area contributed by atoms with Crippen LogP contribution < -0.4 is 5.32 Å². The zero-order chi connectivity index (χ0) is 15.6. The van der Waals surface area contributed by atoms with Crippen molar-refractivity contribution in [1.82, 2.24) is 0 Å². The molecule has 0 aliphatic carbocycles. The molecule has 0 atom stereocenters. The van der Waals surface area contributed by atoms with E-state index in [1.165, 1.54) is 24.3 Å². The molecular formula is C14H9BrINO4. The topological polar surface area (TPSA) is 86.6 Å². The van der Waals surface area contributed by atoms with Gasteiger partial charge in [0, 0.05) is 8.04 Å². The maximum absolute atomic E-state index is 12.2. The van der Waals surface area contributed by atoms with Crippen molar-refractivity contribution in [1.29, 1.82) is 0 Å². The second kappa shape index (κ2) is 6.44. The van der Waals surface area contributed by atoms with E-state index < -0.39 is 11.9 Å². The van der Waals surface area contributed by atoms with Gasteiger partial charge >= 0.3 is 5.97 Å². The zero-order valence-corrected chi connectivity index (χ0v) is 14.2. The van der Waals surface area contributed by atoms with Crippen LogP contribution in [0.4, 0.5) is 5.69 Å². The molecule has 2 rings (SSSR count). The van der Waals surface area contributed by atoms with Crippen LogP contribution in [-0.4, -0.2) is 22.1 Å². The highest BCUT2D eigenvalue weighted by molar-refractivity contribution is 14.1. The van der Waals surface area contributed by atoms with Crippen molar-refractivity contribution in [2.75, 3.05) is 5.32 Å². The molecule has 2 aromatic rings. The van der Waals surface area contributed by atoms with Crippen LogP contribution >= 0.6 is 38.5 Å². The highest BCUT2D eigenvalue weighted by atomic mass is 127. The first-order chi connectivity index (χ1) is 9.88. The van der Waals surface area contributed by atoms with Crippen molar-refractivity contribution in [2.24, 2.45) is 0 Å². The number of benzene rings is 2. The largest absolute Gasteiger partial charge is 0.507 e.